The van der Waals surface area contributed by atoms with Crippen molar-refractivity contribution in [3.05, 3.63) is 28.9 Å². The number of hydrogen-bond acceptors (Lipinski definition) is 3. The summed E-state index contributed by atoms with van der Waals surface area (Å²) in [5.74, 6) is 0.474. The van der Waals surface area contributed by atoms with Gasteiger partial charge in [-0.05, 0) is 32.4 Å². The van der Waals surface area contributed by atoms with Crippen molar-refractivity contribution < 1.29 is 9.47 Å². The van der Waals surface area contributed by atoms with Crippen LogP contribution >= 0.6 is 11.6 Å². The zero-order valence-electron chi connectivity index (χ0n) is 10.9. The highest BCUT2D eigenvalue weighted by atomic mass is 35.5. The molecule has 94 valence electrons. The third kappa shape index (κ3) is 2.79. The minimum absolute atomic E-state index is 0.385. The van der Waals surface area contributed by atoms with E-state index >= 15 is 0 Å². The Morgan fingerprint density at radius 2 is 2.00 bits per heavy atom. The summed E-state index contributed by atoms with van der Waals surface area (Å²) in [5, 5.41) is 0.385. The van der Waals surface area contributed by atoms with Gasteiger partial charge in [-0.15, -0.1) is 0 Å². The average Bonchev–Trinajstić information content (AvgIpc) is 2.27. The van der Waals surface area contributed by atoms with Crippen molar-refractivity contribution in [3.8, 4) is 5.88 Å². The molecule has 0 bridgehead atoms. The van der Waals surface area contributed by atoms with Gasteiger partial charge in [0.15, 0.2) is 0 Å². The highest BCUT2D eigenvalue weighted by Crippen LogP contribution is 2.37. The summed E-state index contributed by atoms with van der Waals surface area (Å²) in [7, 11) is 3.21. The second-order valence-corrected chi connectivity index (χ2v) is 4.76. The van der Waals surface area contributed by atoms with Crippen LogP contribution in [0.4, 0.5) is 0 Å². The van der Waals surface area contributed by atoms with Crippen LogP contribution in [0.2, 0.25) is 5.15 Å². The molecule has 17 heavy (non-hydrogen) atoms. The van der Waals surface area contributed by atoms with E-state index in [0.717, 1.165) is 16.7 Å². The minimum Gasteiger partial charge on any atom is -0.481 e. The van der Waals surface area contributed by atoms with Crippen molar-refractivity contribution in [2.24, 2.45) is 0 Å². The lowest BCUT2D eigenvalue weighted by atomic mass is 9.91. The topological polar surface area (TPSA) is 31.4 Å². The number of halogens is 1. The SMILES string of the molecule is C=C(C)c1cc(Cl)nc(OC)c1C(C)(C)OC. The van der Waals surface area contributed by atoms with Crippen LogP contribution < -0.4 is 4.74 Å². The average molecular weight is 256 g/mol. The molecule has 0 aromatic carbocycles. The monoisotopic (exact) mass is 255 g/mol. The van der Waals surface area contributed by atoms with E-state index in [4.69, 9.17) is 21.1 Å². The molecule has 0 aliphatic heterocycles. The van der Waals surface area contributed by atoms with Gasteiger partial charge in [0.05, 0.1) is 18.3 Å². The number of hydrogen-bond donors (Lipinski definition) is 0. The third-order valence-corrected chi connectivity index (χ3v) is 2.91. The molecule has 1 heterocycles. The van der Waals surface area contributed by atoms with Gasteiger partial charge < -0.3 is 9.47 Å². The molecule has 1 aromatic rings. The zero-order valence-corrected chi connectivity index (χ0v) is 11.7. The lowest BCUT2D eigenvalue weighted by Crippen LogP contribution is -2.23. The van der Waals surface area contributed by atoms with Crippen LogP contribution in [-0.2, 0) is 10.3 Å². The van der Waals surface area contributed by atoms with Gasteiger partial charge in [-0.25, -0.2) is 4.98 Å². The third-order valence-electron chi connectivity index (χ3n) is 2.72. The molecule has 0 N–H and O–H groups in total. The smallest absolute Gasteiger partial charge is 0.221 e. The molecule has 1 rings (SSSR count). The van der Waals surface area contributed by atoms with E-state index in [0.29, 0.717) is 11.0 Å². The highest BCUT2D eigenvalue weighted by molar-refractivity contribution is 6.29. The van der Waals surface area contributed by atoms with E-state index in [9.17, 15) is 0 Å². The van der Waals surface area contributed by atoms with Crippen LogP contribution in [0.1, 0.15) is 31.9 Å². The first kappa shape index (κ1) is 14.0. The summed E-state index contributed by atoms with van der Waals surface area (Å²) in [5.41, 5.74) is 2.15. The molecule has 0 atom stereocenters. The van der Waals surface area contributed by atoms with Gasteiger partial charge in [0.2, 0.25) is 5.88 Å². The van der Waals surface area contributed by atoms with Crippen LogP contribution in [0.3, 0.4) is 0 Å². The summed E-state index contributed by atoms with van der Waals surface area (Å²) in [6, 6.07) is 1.78. The molecule has 0 spiro atoms. The van der Waals surface area contributed by atoms with Gasteiger partial charge in [-0.1, -0.05) is 23.8 Å². The van der Waals surface area contributed by atoms with Crippen LogP contribution in [0.5, 0.6) is 5.88 Å². The number of pyridine rings is 1. The Morgan fingerprint density at radius 1 is 1.41 bits per heavy atom. The summed E-state index contributed by atoms with van der Waals surface area (Å²) >= 11 is 5.97. The van der Waals surface area contributed by atoms with Gasteiger partial charge in [-0.3, -0.25) is 0 Å². The largest absolute Gasteiger partial charge is 0.481 e. The van der Waals surface area contributed by atoms with Crippen LogP contribution in [0, 0.1) is 0 Å². The zero-order chi connectivity index (χ0) is 13.2. The quantitative estimate of drug-likeness (QED) is 0.770. The number of rotatable bonds is 4. The van der Waals surface area contributed by atoms with Gasteiger partial charge in [0, 0.05) is 7.11 Å². The second kappa shape index (κ2) is 5.07. The number of aromatic nitrogens is 1. The predicted octanol–water partition coefficient (Wildman–Crippen LogP) is 3.66. The first-order valence-corrected chi connectivity index (χ1v) is 5.67. The van der Waals surface area contributed by atoms with Crippen molar-refractivity contribution in [3.63, 3.8) is 0 Å². The normalized spacial score (nSPS) is 11.4. The van der Waals surface area contributed by atoms with Crippen LogP contribution in [-0.4, -0.2) is 19.2 Å². The number of ether oxygens (including phenoxy) is 2. The fourth-order valence-corrected chi connectivity index (χ4v) is 1.85. The van der Waals surface area contributed by atoms with Crippen molar-refractivity contribution in [2.45, 2.75) is 26.4 Å². The maximum atomic E-state index is 5.97. The lowest BCUT2D eigenvalue weighted by Gasteiger charge is -2.27. The molecule has 0 amide bonds. The summed E-state index contributed by atoms with van der Waals surface area (Å²) in [6.45, 7) is 9.77. The van der Waals surface area contributed by atoms with Gasteiger partial charge in [0.25, 0.3) is 0 Å². The summed E-state index contributed by atoms with van der Waals surface area (Å²) in [6.07, 6.45) is 0. The van der Waals surface area contributed by atoms with E-state index < -0.39 is 5.60 Å². The number of allylic oxidation sites excluding steroid dienone is 1. The van der Waals surface area contributed by atoms with Crippen LogP contribution in [0.25, 0.3) is 5.57 Å². The number of nitrogens with zero attached hydrogens (tertiary/aromatic N) is 1. The van der Waals surface area contributed by atoms with E-state index in [2.05, 4.69) is 11.6 Å². The Kier molecular flexibility index (Phi) is 4.17. The molecule has 0 aliphatic rings. The Balaban J connectivity index is 3.59. The van der Waals surface area contributed by atoms with Crippen molar-refractivity contribution >= 4 is 17.2 Å². The molecular weight excluding hydrogens is 238 g/mol. The first-order chi connectivity index (χ1) is 7.83. The van der Waals surface area contributed by atoms with E-state index in [-0.39, 0.29) is 0 Å². The van der Waals surface area contributed by atoms with Gasteiger partial charge >= 0.3 is 0 Å². The summed E-state index contributed by atoms with van der Waals surface area (Å²) < 4.78 is 10.8. The number of methoxy groups -OCH3 is 2. The summed E-state index contributed by atoms with van der Waals surface area (Å²) in [4.78, 5) is 4.17. The Labute approximate surface area is 107 Å². The molecular formula is C13H18ClNO2. The van der Waals surface area contributed by atoms with Gasteiger partial charge in [-0.2, -0.15) is 0 Å². The fraction of sp³-hybridized carbons (Fsp3) is 0.462. The molecule has 0 radical (unpaired) electrons. The van der Waals surface area contributed by atoms with Crippen molar-refractivity contribution in [1.29, 1.82) is 0 Å². The molecule has 0 unspecified atom stereocenters. The van der Waals surface area contributed by atoms with E-state index in [1.165, 1.54) is 0 Å². The molecule has 0 aliphatic carbocycles. The molecule has 0 saturated carbocycles. The van der Waals surface area contributed by atoms with Crippen molar-refractivity contribution in [1.82, 2.24) is 4.98 Å². The molecule has 4 heteroatoms. The molecule has 3 nitrogen and oxygen atoms in total. The fourth-order valence-electron chi connectivity index (χ4n) is 1.66. The standard InChI is InChI=1S/C13H18ClNO2/c1-8(2)9-7-10(14)15-12(16-5)11(9)13(3,4)17-6/h7H,1H2,2-6H3. The Morgan fingerprint density at radius 3 is 2.41 bits per heavy atom. The molecule has 0 fully saturated rings. The van der Waals surface area contributed by atoms with Gasteiger partial charge in [0.1, 0.15) is 5.15 Å². The molecule has 0 saturated heterocycles. The second-order valence-electron chi connectivity index (χ2n) is 4.37. The van der Waals surface area contributed by atoms with E-state index in [1.54, 1.807) is 20.3 Å². The first-order valence-electron chi connectivity index (χ1n) is 5.29. The highest BCUT2D eigenvalue weighted by Gasteiger charge is 2.29. The Bertz CT molecular complexity index is 441. The molecule has 1 aromatic heterocycles. The van der Waals surface area contributed by atoms with Crippen LogP contribution in [0.15, 0.2) is 12.6 Å². The maximum Gasteiger partial charge on any atom is 0.221 e. The maximum absolute atomic E-state index is 5.97. The van der Waals surface area contributed by atoms with Crippen molar-refractivity contribution in [2.75, 3.05) is 14.2 Å². The van der Waals surface area contributed by atoms with E-state index in [1.807, 2.05) is 20.8 Å². The predicted molar refractivity (Wildman–Crippen MR) is 70.5 cm³/mol. The lowest BCUT2D eigenvalue weighted by molar-refractivity contribution is 0.0166. The Hall–Kier alpha value is -1.06. The minimum atomic E-state index is -0.517.